The molecule has 0 unspecified atom stereocenters. The zero-order valence-electron chi connectivity index (χ0n) is 19.2. The highest BCUT2D eigenvalue weighted by Gasteiger charge is 2.20. The molecule has 4 aromatic carbocycles. The molecule has 0 aromatic heterocycles. The SMILES string of the molecule is O=C(O)c1cc(Oc2ccc(C(=O)Nc3ccccc3)c(C(=O)O)c2)ccc1C(=O)Nc1ccccc1. The van der Waals surface area contributed by atoms with Crippen molar-refractivity contribution in [3.05, 3.63) is 119 Å². The molecule has 0 radical (unpaired) electrons. The Bertz CT molecular complexity index is 1370. The lowest BCUT2D eigenvalue weighted by Crippen LogP contribution is -2.17. The van der Waals surface area contributed by atoms with E-state index in [-0.39, 0.29) is 33.8 Å². The van der Waals surface area contributed by atoms with Gasteiger partial charge in [-0.05, 0) is 60.7 Å². The normalized spacial score (nSPS) is 10.3. The molecule has 4 N–H and O–H groups in total. The summed E-state index contributed by atoms with van der Waals surface area (Å²) in [6.07, 6.45) is 0. The van der Waals surface area contributed by atoms with Crippen LogP contribution in [0.25, 0.3) is 0 Å². The van der Waals surface area contributed by atoms with Gasteiger partial charge in [0.15, 0.2) is 0 Å². The summed E-state index contributed by atoms with van der Waals surface area (Å²) < 4.78 is 5.68. The topological polar surface area (TPSA) is 142 Å². The number of hydrogen-bond donors (Lipinski definition) is 4. The second-order valence-electron chi connectivity index (χ2n) is 7.77. The Morgan fingerprint density at radius 2 is 0.892 bits per heavy atom. The number of benzene rings is 4. The molecule has 0 aliphatic heterocycles. The van der Waals surface area contributed by atoms with Gasteiger partial charge in [0, 0.05) is 11.4 Å². The Morgan fingerprint density at radius 1 is 0.514 bits per heavy atom. The second kappa shape index (κ2) is 10.9. The molecule has 0 saturated carbocycles. The highest BCUT2D eigenvalue weighted by Crippen LogP contribution is 2.27. The number of para-hydroxylation sites is 2. The van der Waals surface area contributed by atoms with Gasteiger partial charge in [0.2, 0.25) is 0 Å². The van der Waals surface area contributed by atoms with Gasteiger partial charge in [-0.1, -0.05) is 36.4 Å². The van der Waals surface area contributed by atoms with Crippen LogP contribution >= 0.6 is 0 Å². The summed E-state index contributed by atoms with van der Waals surface area (Å²) in [5.41, 5.74) is 0.237. The van der Waals surface area contributed by atoms with E-state index in [9.17, 15) is 29.4 Å². The zero-order chi connectivity index (χ0) is 26.4. The lowest BCUT2D eigenvalue weighted by atomic mass is 10.1. The molecule has 0 aliphatic carbocycles. The number of rotatable bonds is 8. The predicted octanol–water partition coefficient (Wildman–Crippen LogP) is 5.38. The first-order chi connectivity index (χ1) is 17.8. The molecule has 37 heavy (non-hydrogen) atoms. The van der Waals surface area contributed by atoms with Crippen LogP contribution in [0.3, 0.4) is 0 Å². The maximum absolute atomic E-state index is 12.6. The van der Waals surface area contributed by atoms with E-state index in [1.54, 1.807) is 60.7 Å². The average molecular weight is 496 g/mol. The Morgan fingerprint density at radius 3 is 1.24 bits per heavy atom. The quantitative estimate of drug-likeness (QED) is 0.256. The van der Waals surface area contributed by atoms with Crippen molar-refractivity contribution < 1.29 is 34.1 Å². The number of carboxylic acid groups (broad SMARTS) is 2. The highest BCUT2D eigenvalue weighted by atomic mass is 16.5. The van der Waals surface area contributed by atoms with E-state index in [1.165, 1.54) is 36.4 Å². The maximum Gasteiger partial charge on any atom is 0.336 e. The lowest BCUT2D eigenvalue weighted by molar-refractivity contribution is 0.0683. The third-order valence-corrected chi connectivity index (χ3v) is 5.23. The maximum atomic E-state index is 12.6. The van der Waals surface area contributed by atoms with Crippen molar-refractivity contribution in [2.75, 3.05) is 10.6 Å². The van der Waals surface area contributed by atoms with E-state index in [2.05, 4.69) is 10.6 Å². The van der Waals surface area contributed by atoms with Gasteiger partial charge in [0.1, 0.15) is 11.5 Å². The van der Waals surface area contributed by atoms with Crippen molar-refractivity contribution in [2.24, 2.45) is 0 Å². The number of ether oxygens (including phenoxy) is 1. The zero-order valence-corrected chi connectivity index (χ0v) is 19.2. The third-order valence-electron chi connectivity index (χ3n) is 5.23. The number of carbonyl (C=O) groups excluding carboxylic acids is 2. The molecule has 0 saturated heterocycles. The van der Waals surface area contributed by atoms with E-state index < -0.39 is 23.8 Å². The van der Waals surface area contributed by atoms with Gasteiger partial charge in [0.05, 0.1) is 22.3 Å². The summed E-state index contributed by atoms with van der Waals surface area (Å²) in [6, 6.07) is 24.9. The van der Waals surface area contributed by atoms with Crippen molar-refractivity contribution >= 4 is 35.1 Å². The minimum Gasteiger partial charge on any atom is -0.478 e. The monoisotopic (exact) mass is 496 g/mol. The van der Waals surface area contributed by atoms with Crippen molar-refractivity contribution in [3.8, 4) is 11.5 Å². The van der Waals surface area contributed by atoms with Crippen LogP contribution in [0.5, 0.6) is 11.5 Å². The molecule has 0 atom stereocenters. The summed E-state index contributed by atoms with van der Waals surface area (Å²) in [7, 11) is 0. The largest absolute Gasteiger partial charge is 0.478 e. The Labute approximate surface area is 211 Å². The van der Waals surface area contributed by atoms with Crippen LogP contribution in [0.4, 0.5) is 11.4 Å². The van der Waals surface area contributed by atoms with Gasteiger partial charge >= 0.3 is 11.9 Å². The first kappa shape index (κ1) is 24.7. The summed E-state index contributed by atoms with van der Waals surface area (Å²) in [6.45, 7) is 0. The number of nitrogens with one attached hydrogen (secondary N) is 2. The number of anilines is 2. The molecular weight excluding hydrogens is 476 g/mol. The molecule has 2 amide bonds. The van der Waals surface area contributed by atoms with Crippen LogP contribution in [0.2, 0.25) is 0 Å². The molecule has 0 bridgehead atoms. The average Bonchev–Trinajstić information content (AvgIpc) is 2.89. The molecule has 9 nitrogen and oxygen atoms in total. The summed E-state index contributed by atoms with van der Waals surface area (Å²) in [5.74, 6) is -3.79. The van der Waals surface area contributed by atoms with Crippen LogP contribution in [0.15, 0.2) is 97.1 Å². The van der Waals surface area contributed by atoms with Gasteiger partial charge in [-0.25, -0.2) is 9.59 Å². The molecule has 4 rings (SSSR count). The fourth-order valence-electron chi connectivity index (χ4n) is 3.50. The van der Waals surface area contributed by atoms with Crippen LogP contribution < -0.4 is 15.4 Å². The third kappa shape index (κ3) is 5.98. The number of aromatic carboxylic acids is 2. The minimum atomic E-state index is -1.34. The molecule has 9 heteroatoms. The second-order valence-corrected chi connectivity index (χ2v) is 7.77. The van der Waals surface area contributed by atoms with Crippen LogP contribution in [-0.2, 0) is 0 Å². The number of carbonyl (C=O) groups is 4. The highest BCUT2D eigenvalue weighted by molar-refractivity contribution is 6.11. The molecular formula is C28H20N2O7. The number of hydrogen-bond acceptors (Lipinski definition) is 5. The first-order valence-corrected chi connectivity index (χ1v) is 11.0. The smallest absolute Gasteiger partial charge is 0.336 e. The van der Waals surface area contributed by atoms with Crippen molar-refractivity contribution in [2.45, 2.75) is 0 Å². The van der Waals surface area contributed by atoms with Crippen LogP contribution in [-0.4, -0.2) is 34.0 Å². The molecule has 4 aromatic rings. The van der Waals surface area contributed by atoms with Gasteiger partial charge < -0.3 is 25.6 Å². The summed E-state index contributed by atoms with van der Waals surface area (Å²) in [4.78, 5) is 49.0. The summed E-state index contributed by atoms with van der Waals surface area (Å²) in [5, 5.41) is 24.6. The lowest BCUT2D eigenvalue weighted by Gasteiger charge is -2.13. The van der Waals surface area contributed by atoms with Gasteiger partial charge in [-0.15, -0.1) is 0 Å². The van der Waals surface area contributed by atoms with E-state index in [1.807, 2.05) is 0 Å². The van der Waals surface area contributed by atoms with Gasteiger partial charge in [-0.2, -0.15) is 0 Å². The number of carboxylic acids is 2. The van der Waals surface area contributed by atoms with E-state index in [0.29, 0.717) is 11.4 Å². The van der Waals surface area contributed by atoms with Crippen LogP contribution in [0.1, 0.15) is 41.4 Å². The number of amides is 2. The Balaban J connectivity index is 1.57. The molecule has 184 valence electrons. The van der Waals surface area contributed by atoms with E-state index in [0.717, 1.165) is 0 Å². The fourth-order valence-corrected chi connectivity index (χ4v) is 3.50. The van der Waals surface area contributed by atoms with Crippen molar-refractivity contribution in [3.63, 3.8) is 0 Å². The van der Waals surface area contributed by atoms with Crippen LogP contribution in [0, 0.1) is 0 Å². The Kier molecular flexibility index (Phi) is 7.25. The standard InChI is InChI=1S/C28H20N2O7/c31-25(29-17-7-3-1-4-8-17)21-13-11-19(15-23(21)27(33)34)37-20-12-14-22(24(16-20)28(35)36)26(32)30-18-9-5-2-6-10-18/h1-16H,(H,29,31)(H,30,32)(H,33,34)(H,35,36). The molecule has 0 heterocycles. The van der Waals surface area contributed by atoms with E-state index >= 15 is 0 Å². The van der Waals surface area contributed by atoms with Crippen molar-refractivity contribution in [1.82, 2.24) is 0 Å². The predicted molar refractivity (Wildman–Crippen MR) is 136 cm³/mol. The molecule has 0 aliphatic rings. The fraction of sp³-hybridized carbons (Fsp3) is 0. The van der Waals surface area contributed by atoms with E-state index in [4.69, 9.17) is 4.74 Å². The van der Waals surface area contributed by atoms with Crippen molar-refractivity contribution in [1.29, 1.82) is 0 Å². The van der Waals surface area contributed by atoms with Gasteiger partial charge in [-0.3, -0.25) is 9.59 Å². The molecule has 0 fully saturated rings. The molecule has 0 spiro atoms. The van der Waals surface area contributed by atoms with Gasteiger partial charge in [0.25, 0.3) is 11.8 Å². The summed E-state index contributed by atoms with van der Waals surface area (Å²) >= 11 is 0. The first-order valence-electron chi connectivity index (χ1n) is 11.0. The minimum absolute atomic E-state index is 0.0616. The Hall–Kier alpha value is -5.44.